The third-order valence-corrected chi connectivity index (χ3v) is 22.6. The molecule has 10 N–H and O–H groups in total. The van der Waals surface area contributed by atoms with Crippen molar-refractivity contribution in [1.82, 2.24) is 48.9 Å². The molecule has 118 heavy (non-hydrogen) atoms. The lowest BCUT2D eigenvalue weighted by molar-refractivity contribution is -0.288. The largest absolute Gasteiger partial charge is 0.457 e. The predicted octanol–water partition coefficient (Wildman–Crippen LogP) is 17.3. The summed E-state index contributed by atoms with van der Waals surface area (Å²) in [4.78, 5) is 50.3. The van der Waals surface area contributed by atoms with Gasteiger partial charge in [-0.15, -0.1) is 0 Å². The number of ketones is 1. The van der Waals surface area contributed by atoms with Gasteiger partial charge >= 0.3 is 6.09 Å². The first-order chi connectivity index (χ1) is 57.0. The van der Waals surface area contributed by atoms with Crippen molar-refractivity contribution in [3.8, 4) is 67.9 Å². The molecule has 6 aromatic heterocycles. The molecule has 3 saturated carbocycles. The van der Waals surface area contributed by atoms with Crippen LogP contribution in [0.5, 0.6) is 34.5 Å². The number of alkyl carbamates (subject to hydrolysis) is 1. The number of Topliss-reactive ketones (excluding diaryl/α,β-unsaturated/α-hetero) is 1. The van der Waals surface area contributed by atoms with E-state index in [1.54, 1.807) is 12.1 Å². The molecule has 8 heterocycles. The fraction of sp³-hybridized carbons (Fsp3) is 0.311. The molecule has 0 radical (unpaired) electrons. The number of carbonyl (C=O) groups is 2. The van der Waals surface area contributed by atoms with Crippen molar-refractivity contribution in [3.63, 3.8) is 0 Å². The first kappa shape index (κ1) is 81.0. The molecule has 1 amide bonds. The van der Waals surface area contributed by atoms with E-state index in [0.717, 1.165) is 171 Å². The number of hydrogen-bond acceptors (Lipinski definition) is 22. The second kappa shape index (κ2) is 35.4. The number of benzene rings is 7. The van der Waals surface area contributed by atoms with Crippen molar-refractivity contribution in [2.75, 3.05) is 43.6 Å². The molecule has 0 unspecified atom stereocenters. The minimum atomic E-state index is -4.02. The number of nitrogens with one attached hydrogen (secondary N) is 1. The second-order valence-corrected chi connectivity index (χ2v) is 32.7. The van der Waals surface area contributed by atoms with Gasteiger partial charge in [0.15, 0.2) is 11.6 Å². The standard InChI is InChI=1S/C32H37N5O5.C27H29N5O3.C24H22N4O2.C7H8O3S/c1-31(2,3)42-30(38)36-22-18-39-32(40-19-22)15-13-23(14-16-32)37-17-26(27-28(33)34-20-35-29(27)37)21-9-11-25(12-10-21)41-24-7-5-4-6-8-24;28-19-15-33-27(34-16-19)12-10-20(11-13-27)32-14-23(24-25(29)30-17-31-26(24)32)18-6-8-22(9-7-18)35-21-4-2-1-3-5-21;25-23-22-21(16-6-12-20(13-7-16)30-19-4-2-1-3-5-19)14-28(24(22)27-15-26-23)17-8-10-18(29)11-9-17;1-6-2-4-7(5-3-6)11(8,9)10/h4-12,17,20,22-23H,13-16,18-19H2,1-3H3,(H,36,38)(H2,33,34,35);1-9,14,17,19-20H,10-13,15-16,28H2,(H2,29,30,31);1-7,12-15,17H,8-11H2,(H2,25,26,27);2-5H,1H3,(H,8,9,10). The van der Waals surface area contributed by atoms with Gasteiger partial charge in [-0.1, -0.05) is 109 Å². The number of rotatable bonds is 14. The lowest BCUT2D eigenvalue weighted by Crippen LogP contribution is -2.54. The topological polar surface area (TPSA) is 371 Å². The van der Waals surface area contributed by atoms with Crippen molar-refractivity contribution in [3.05, 3.63) is 231 Å². The molecule has 5 aliphatic rings. The van der Waals surface area contributed by atoms with Gasteiger partial charge in [-0.2, -0.15) is 8.42 Å². The molecule has 2 aliphatic heterocycles. The van der Waals surface area contributed by atoms with Gasteiger partial charge in [0.2, 0.25) is 0 Å². The van der Waals surface area contributed by atoms with E-state index in [9.17, 15) is 18.0 Å². The van der Waals surface area contributed by atoms with Crippen molar-refractivity contribution < 1.29 is 60.5 Å². The predicted molar refractivity (Wildman–Crippen MR) is 451 cm³/mol. The summed E-state index contributed by atoms with van der Waals surface area (Å²) in [5, 5.41) is 5.41. The van der Waals surface area contributed by atoms with E-state index in [2.05, 4.69) is 67.5 Å². The van der Waals surface area contributed by atoms with Gasteiger partial charge in [0.05, 0.1) is 59.6 Å². The molecule has 27 nitrogen and oxygen atoms in total. The maximum Gasteiger partial charge on any atom is 0.408 e. The van der Waals surface area contributed by atoms with E-state index >= 15 is 0 Å². The Morgan fingerprint density at radius 1 is 0.466 bits per heavy atom. The number of hydrogen-bond donors (Lipinski definition) is 6. The molecule has 13 aromatic rings. The molecule has 0 atom stereocenters. The fourth-order valence-corrected chi connectivity index (χ4v) is 16.2. The van der Waals surface area contributed by atoms with Gasteiger partial charge in [0, 0.05) is 91.9 Å². The number of nitrogens with two attached hydrogens (primary N) is 4. The number of nitrogen functional groups attached to an aromatic ring is 3. The third-order valence-electron chi connectivity index (χ3n) is 21.7. The van der Waals surface area contributed by atoms with Crippen molar-refractivity contribution >= 4 is 72.5 Å². The maximum atomic E-state index is 12.1. The highest BCUT2D eigenvalue weighted by molar-refractivity contribution is 7.85. The Hall–Kier alpha value is -12.2. The zero-order chi connectivity index (χ0) is 82.1. The highest BCUT2D eigenvalue weighted by Crippen LogP contribution is 2.47. The van der Waals surface area contributed by atoms with Crippen molar-refractivity contribution in [1.29, 1.82) is 0 Å². The SMILES string of the molecule is CC(C)(C)OC(=O)NC1COC2(CCC(n3cc(-c4ccc(Oc5ccccc5)cc4)c4c(N)ncnc43)CC2)OC1.Cc1ccc(S(=O)(=O)O)cc1.Nc1ncnc2c1c(-c1ccc(Oc3ccccc3)cc1)cn2C1CCC(=O)CC1.Nc1ncnc2c1c(-c1ccc(Oc3ccccc3)cc1)cn2C1CCC2(CC1)OCC(N)CO2. The van der Waals surface area contributed by atoms with Crippen LogP contribution in [0.1, 0.15) is 122 Å². The zero-order valence-corrected chi connectivity index (χ0v) is 67.0. The number of ether oxygens (including phenoxy) is 8. The highest BCUT2D eigenvalue weighted by Gasteiger charge is 2.44. The van der Waals surface area contributed by atoms with Gasteiger partial charge in [-0.05, 0) is 168 Å². The van der Waals surface area contributed by atoms with Gasteiger partial charge in [0.25, 0.3) is 10.1 Å². The summed E-state index contributed by atoms with van der Waals surface area (Å²) >= 11 is 0. The molecule has 2 saturated heterocycles. The lowest BCUT2D eigenvalue weighted by Gasteiger charge is -2.44. The van der Waals surface area contributed by atoms with Crippen LogP contribution >= 0.6 is 0 Å². The van der Waals surface area contributed by atoms with Crippen LogP contribution in [0, 0.1) is 6.92 Å². The molecule has 7 aromatic carbocycles. The average Bonchev–Trinajstić information content (AvgIpc) is 1.57. The van der Waals surface area contributed by atoms with Crippen LogP contribution in [0.4, 0.5) is 22.2 Å². The van der Waals surface area contributed by atoms with Crippen LogP contribution in [0.25, 0.3) is 66.5 Å². The molecule has 18 rings (SSSR count). The number of aromatic nitrogens is 9. The van der Waals surface area contributed by atoms with Crippen molar-refractivity contribution in [2.45, 2.75) is 157 Å². The first-order valence-corrected chi connectivity index (χ1v) is 41.1. The van der Waals surface area contributed by atoms with Crippen LogP contribution in [-0.2, 0) is 38.6 Å². The number of nitrogens with zero attached hydrogens (tertiary/aromatic N) is 9. The Bertz CT molecular complexity index is 5710. The first-order valence-electron chi connectivity index (χ1n) is 39.7. The summed E-state index contributed by atoms with van der Waals surface area (Å²) in [6, 6.07) is 59.5. The molecule has 3 aliphatic carbocycles. The average molecular weight is 1610 g/mol. The minimum Gasteiger partial charge on any atom is -0.457 e. The van der Waals surface area contributed by atoms with Gasteiger partial charge in [-0.3, -0.25) is 9.35 Å². The number of anilines is 3. The van der Waals surface area contributed by atoms with E-state index in [1.165, 1.54) is 31.1 Å². The summed E-state index contributed by atoms with van der Waals surface area (Å²) in [5.74, 6) is 5.28. The quantitative estimate of drug-likeness (QED) is 0.0551. The van der Waals surface area contributed by atoms with E-state index in [1.807, 2.05) is 191 Å². The molecule has 28 heteroatoms. The summed E-state index contributed by atoms with van der Waals surface area (Å²) in [7, 11) is -4.02. The molecule has 610 valence electrons. The van der Waals surface area contributed by atoms with Gasteiger partial charge in [-0.25, -0.2) is 34.7 Å². The molecular weight excluding hydrogens is 1520 g/mol. The Kier molecular flexibility index (Phi) is 24.3. The number of aryl methyl sites for hydroxylation is 1. The normalized spacial score (nSPS) is 20.2. The second-order valence-electron chi connectivity index (χ2n) is 31.2. The number of carbonyl (C=O) groups excluding carboxylic acids is 2. The monoisotopic (exact) mass is 1610 g/mol. The number of fused-ring (bicyclic) bond motifs is 3. The van der Waals surface area contributed by atoms with E-state index in [0.29, 0.717) is 62.5 Å². The zero-order valence-electron chi connectivity index (χ0n) is 66.2. The summed E-state index contributed by atoms with van der Waals surface area (Å²) in [6.07, 6.45) is 20.0. The minimum absolute atomic E-state index is 0.0431. The van der Waals surface area contributed by atoms with Crippen molar-refractivity contribution in [2.24, 2.45) is 5.73 Å². The summed E-state index contributed by atoms with van der Waals surface area (Å²) in [6.45, 7) is 9.22. The Morgan fingerprint density at radius 2 is 0.788 bits per heavy atom. The highest BCUT2D eigenvalue weighted by atomic mass is 32.2. The van der Waals surface area contributed by atoms with E-state index in [4.69, 9.17) is 65.4 Å². The molecule has 2 spiro atoms. The van der Waals surface area contributed by atoms with Gasteiger partial charge in [0.1, 0.15) is 99.3 Å². The lowest BCUT2D eigenvalue weighted by atomic mass is 9.89. The third kappa shape index (κ3) is 19.3. The molecule has 0 bridgehead atoms. The van der Waals surface area contributed by atoms with Crippen LogP contribution < -0.4 is 42.5 Å². The van der Waals surface area contributed by atoms with Crippen LogP contribution in [0.15, 0.2) is 231 Å². The molecular formula is C90H96N14O13S. The van der Waals surface area contributed by atoms with Crippen LogP contribution in [0.2, 0.25) is 0 Å². The number of para-hydroxylation sites is 3. The van der Waals surface area contributed by atoms with Gasteiger partial charge < -0.3 is 79.8 Å². The Balaban J connectivity index is 0.000000131. The summed E-state index contributed by atoms with van der Waals surface area (Å²) in [5.41, 5.74) is 33.9. The Labute approximate surface area is 683 Å². The smallest absolute Gasteiger partial charge is 0.408 e. The van der Waals surface area contributed by atoms with E-state index < -0.39 is 33.4 Å². The van der Waals surface area contributed by atoms with Crippen LogP contribution in [-0.4, -0.2) is 124 Å². The van der Waals surface area contributed by atoms with Crippen LogP contribution in [0.3, 0.4) is 0 Å². The maximum absolute atomic E-state index is 12.1. The summed E-state index contributed by atoms with van der Waals surface area (Å²) < 4.78 is 83.9. The number of amides is 1. The van der Waals surface area contributed by atoms with E-state index in [-0.39, 0.29) is 35.1 Å². The Morgan fingerprint density at radius 3 is 1.12 bits per heavy atom. The fourth-order valence-electron chi connectivity index (χ4n) is 15.7. The molecule has 5 fully saturated rings.